The number of amides is 1. The maximum absolute atomic E-state index is 12.7. The molecule has 0 radical (unpaired) electrons. The topological polar surface area (TPSA) is 91.7 Å². The van der Waals surface area contributed by atoms with Crippen molar-refractivity contribution < 1.29 is 23.8 Å². The number of carbonyl (C=O) groups excluding carboxylic acids is 2. The minimum atomic E-state index is -1.02. The summed E-state index contributed by atoms with van der Waals surface area (Å²) in [7, 11) is 3.09. The van der Waals surface area contributed by atoms with Gasteiger partial charge in [0.15, 0.2) is 17.6 Å². The molecule has 1 atom stereocenters. The average Bonchev–Trinajstić information content (AvgIpc) is 3.10. The predicted molar refractivity (Wildman–Crippen MR) is 124 cm³/mol. The van der Waals surface area contributed by atoms with Crippen LogP contribution in [0, 0.1) is 6.92 Å². The molecule has 1 amide bonds. The molecule has 1 aromatic heterocycles. The fourth-order valence-electron chi connectivity index (χ4n) is 3.24. The van der Waals surface area contributed by atoms with Gasteiger partial charge in [-0.2, -0.15) is 5.10 Å². The lowest BCUT2D eigenvalue weighted by Crippen LogP contribution is -2.35. The Kier molecular flexibility index (Phi) is 7.95. The maximum atomic E-state index is 12.7. The van der Waals surface area contributed by atoms with E-state index in [-0.39, 0.29) is 17.3 Å². The zero-order valence-electron chi connectivity index (χ0n) is 18.9. The van der Waals surface area contributed by atoms with Crippen LogP contribution >= 0.6 is 11.6 Å². The van der Waals surface area contributed by atoms with Gasteiger partial charge in [-0.3, -0.25) is 4.79 Å². The first-order valence-electron chi connectivity index (χ1n) is 10.3. The molecule has 33 heavy (non-hydrogen) atoms. The van der Waals surface area contributed by atoms with E-state index in [0.29, 0.717) is 23.7 Å². The summed E-state index contributed by atoms with van der Waals surface area (Å²) in [4.78, 5) is 25.2. The lowest BCUT2D eigenvalue weighted by atomic mass is 10.2. The third-order valence-electron chi connectivity index (χ3n) is 5.01. The number of benzene rings is 2. The number of hydrogen-bond donors (Lipinski definition) is 1. The fraction of sp³-hybridized carbons (Fsp3) is 0.292. The van der Waals surface area contributed by atoms with Gasteiger partial charge in [-0.25, -0.2) is 9.48 Å². The zero-order valence-corrected chi connectivity index (χ0v) is 19.7. The van der Waals surface area contributed by atoms with Crippen LogP contribution in [0.5, 0.6) is 11.5 Å². The first kappa shape index (κ1) is 24.1. The third-order valence-corrected chi connectivity index (χ3v) is 5.40. The van der Waals surface area contributed by atoms with E-state index >= 15 is 0 Å². The van der Waals surface area contributed by atoms with Gasteiger partial charge in [0.1, 0.15) is 10.7 Å². The number of ether oxygens (including phenoxy) is 3. The van der Waals surface area contributed by atoms with Crippen LogP contribution in [0.4, 0.5) is 0 Å². The summed E-state index contributed by atoms with van der Waals surface area (Å²) in [6, 6.07) is 14.9. The van der Waals surface area contributed by atoms with E-state index in [1.165, 1.54) is 18.7 Å². The molecule has 0 spiro atoms. The molecule has 0 aliphatic heterocycles. The minimum Gasteiger partial charge on any atom is -0.493 e. The second-order valence-corrected chi connectivity index (χ2v) is 7.71. The van der Waals surface area contributed by atoms with Crippen LogP contribution in [-0.4, -0.2) is 42.0 Å². The van der Waals surface area contributed by atoms with Crippen LogP contribution in [0.15, 0.2) is 48.5 Å². The van der Waals surface area contributed by atoms with Crippen molar-refractivity contribution in [1.29, 1.82) is 0 Å². The summed E-state index contributed by atoms with van der Waals surface area (Å²) in [6.07, 6.45) is -1.02. The summed E-state index contributed by atoms with van der Waals surface area (Å²) in [6.45, 7) is 3.82. The van der Waals surface area contributed by atoms with E-state index in [0.717, 1.165) is 11.1 Å². The van der Waals surface area contributed by atoms with Gasteiger partial charge in [-0.05, 0) is 37.1 Å². The predicted octanol–water partition coefficient (Wildman–Crippen LogP) is 3.77. The van der Waals surface area contributed by atoms with Crippen molar-refractivity contribution in [3.63, 3.8) is 0 Å². The number of methoxy groups -OCH3 is 2. The number of hydrogen-bond acceptors (Lipinski definition) is 6. The van der Waals surface area contributed by atoms with E-state index in [2.05, 4.69) is 10.4 Å². The summed E-state index contributed by atoms with van der Waals surface area (Å²) < 4.78 is 17.4. The van der Waals surface area contributed by atoms with Crippen molar-refractivity contribution in [2.24, 2.45) is 0 Å². The quantitative estimate of drug-likeness (QED) is 0.477. The van der Waals surface area contributed by atoms with Crippen molar-refractivity contribution in [1.82, 2.24) is 15.1 Å². The molecule has 3 aromatic rings. The van der Waals surface area contributed by atoms with Gasteiger partial charge >= 0.3 is 5.97 Å². The van der Waals surface area contributed by atoms with Crippen LogP contribution < -0.4 is 14.8 Å². The van der Waals surface area contributed by atoms with Crippen LogP contribution in [0.1, 0.15) is 34.1 Å². The van der Waals surface area contributed by atoms with E-state index in [9.17, 15) is 9.59 Å². The highest BCUT2D eigenvalue weighted by atomic mass is 35.5. The van der Waals surface area contributed by atoms with Crippen molar-refractivity contribution in [3.05, 3.63) is 76.1 Å². The Morgan fingerprint density at radius 2 is 1.76 bits per heavy atom. The molecule has 174 valence electrons. The second-order valence-electron chi connectivity index (χ2n) is 7.35. The number of aromatic nitrogens is 2. The van der Waals surface area contributed by atoms with Crippen molar-refractivity contribution in [3.8, 4) is 11.5 Å². The fourth-order valence-corrected chi connectivity index (χ4v) is 3.55. The molecule has 0 fully saturated rings. The molecule has 0 aliphatic carbocycles. The van der Waals surface area contributed by atoms with E-state index in [4.69, 9.17) is 25.8 Å². The maximum Gasteiger partial charge on any atom is 0.343 e. The Morgan fingerprint density at radius 3 is 2.42 bits per heavy atom. The lowest BCUT2D eigenvalue weighted by Gasteiger charge is -2.14. The van der Waals surface area contributed by atoms with Crippen LogP contribution in [0.25, 0.3) is 0 Å². The van der Waals surface area contributed by atoms with Gasteiger partial charge in [-0.1, -0.05) is 48.0 Å². The van der Waals surface area contributed by atoms with Gasteiger partial charge in [-0.15, -0.1) is 0 Å². The first-order valence-corrected chi connectivity index (χ1v) is 10.7. The molecule has 0 unspecified atom stereocenters. The van der Waals surface area contributed by atoms with Crippen molar-refractivity contribution >= 4 is 23.5 Å². The molecule has 1 N–H and O–H groups in total. The molecule has 1 heterocycles. The highest BCUT2D eigenvalue weighted by Gasteiger charge is 2.25. The number of rotatable bonds is 9. The highest BCUT2D eigenvalue weighted by Crippen LogP contribution is 2.27. The van der Waals surface area contributed by atoms with Gasteiger partial charge in [0.05, 0.1) is 26.5 Å². The molecule has 0 aliphatic rings. The standard InChI is InChI=1S/C24H26ClN3O5/c1-15-21(22(25)28(27-15)14-17-8-6-5-7-9-17)24(30)33-16(2)23(29)26-13-18-10-11-19(31-3)20(12-18)32-4/h5-12,16H,13-14H2,1-4H3,(H,26,29)/t16-/m0/s1. The molecule has 8 nitrogen and oxygen atoms in total. The van der Waals surface area contributed by atoms with E-state index < -0.39 is 18.0 Å². The van der Waals surface area contributed by atoms with E-state index in [1.807, 2.05) is 36.4 Å². The number of nitrogens with one attached hydrogen (secondary N) is 1. The van der Waals surface area contributed by atoms with Crippen molar-refractivity contribution in [2.75, 3.05) is 14.2 Å². The van der Waals surface area contributed by atoms with Crippen LogP contribution in [-0.2, 0) is 22.6 Å². The Bertz CT molecular complexity index is 1130. The number of carbonyl (C=O) groups is 2. The Hall–Kier alpha value is -3.52. The lowest BCUT2D eigenvalue weighted by molar-refractivity contribution is -0.129. The summed E-state index contributed by atoms with van der Waals surface area (Å²) in [5, 5.41) is 7.26. The smallest absolute Gasteiger partial charge is 0.343 e. The monoisotopic (exact) mass is 471 g/mol. The summed E-state index contributed by atoms with van der Waals surface area (Å²) in [5.41, 5.74) is 2.37. The zero-order chi connectivity index (χ0) is 24.0. The normalized spacial score (nSPS) is 11.5. The van der Waals surface area contributed by atoms with Crippen LogP contribution in [0.2, 0.25) is 5.15 Å². The number of esters is 1. The first-order chi connectivity index (χ1) is 15.8. The van der Waals surface area contributed by atoms with Gasteiger partial charge in [0.25, 0.3) is 5.91 Å². The molecule has 9 heteroatoms. The highest BCUT2D eigenvalue weighted by molar-refractivity contribution is 6.32. The van der Waals surface area contributed by atoms with E-state index in [1.54, 1.807) is 26.2 Å². The number of nitrogens with zero attached hydrogens (tertiary/aromatic N) is 2. The number of aryl methyl sites for hydroxylation is 1. The second kappa shape index (κ2) is 10.9. The molecule has 0 saturated carbocycles. The molecule has 2 aromatic carbocycles. The summed E-state index contributed by atoms with van der Waals surface area (Å²) in [5.74, 6) is 0.00505. The molecule has 0 saturated heterocycles. The van der Waals surface area contributed by atoms with Gasteiger partial charge in [0, 0.05) is 6.54 Å². The SMILES string of the molecule is COc1ccc(CNC(=O)[C@H](C)OC(=O)c2c(C)nn(Cc3ccccc3)c2Cl)cc1OC. The Labute approximate surface area is 197 Å². The van der Waals surface area contributed by atoms with Crippen LogP contribution in [0.3, 0.4) is 0 Å². The van der Waals surface area contributed by atoms with Gasteiger partial charge in [0.2, 0.25) is 0 Å². The minimum absolute atomic E-state index is 0.145. The molecular formula is C24H26ClN3O5. The summed E-state index contributed by atoms with van der Waals surface area (Å²) >= 11 is 6.41. The third kappa shape index (κ3) is 5.84. The van der Waals surface area contributed by atoms with Crippen molar-refractivity contribution in [2.45, 2.75) is 33.0 Å². The van der Waals surface area contributed by atoms with Gasteiger partial charge < -0.3 is 19.5 Å². The number of halogens is 1. The Balaban J connectivity index is 1.61. The molecule has 0 bridgehead atoms. The average molecular weight is 472 g/mol. The largest absolute Gasteiger partial charge is 0.493 e. The molecular weight excluding hydrogens is 446 g/mol. The molecule has 3 rings (SSSR count). The Morgan fingerprint density at radius 1 is 1.06 bits per heavy atom.